The number of amides is 1. The van der Waals surface area contributed by atoms with Gasteiger partial charge in [0.05, 0.1) is 29.7 Å². The fourth-order valence-electron chi connectivity index (χ4n) is 3.56. The van der Waals surface area contributed by atoms with Crippen molar-refractivity contribution in [1.82, 2.24) is 15.3 Å². The van der Waals surface area contributed by atoms with Crippen molar-refractivity contribution in [2.24, 2.45) is 5.73 Å². The number of nitrogens with zero attached hydrogens (tertiary/aromatic N) is 2. The third-order valence-electron chi connectivity index (χ3n) is 4.85. The Morgan fingerprint density at radius 2 is 1.96 bits per heavy atom. The summed E-state index contributed by atoms with van der Waals surface area (Å²) in [5, 5.41) is 3.03. The average molecular weight is 308 g/mol. The number of aromatic nitrogens is 2. The van der Waals surface area contributed by atoms with E-state index in [1.807, 2.05) is 18.2 Å². The Morgan fingerprint density at radius 1 is 1.17 bits per heavy atom. The van der Waals surface area contributed by atoms with Gasteiger partial charge in [0.1, 0.15) is 5.69 Å². The van der Waals surface area contributed by atoms with E-state index in [0.717, 1.165) is 49.1 Å². The largest absolute Gasteiger partial charge is 0.346 e. The Morgan fingerprint density at radius 3 is 2.78 bits per heavy atom. The molecule has 1 amide bonds. The van der Waals surface area contributed by atoms with Crippen molar-refractivity contribution < 1.29 is 4.79 Å². The lowest BCUT2D eigenvalue weighted by atomic mass is 10.0. The van der Waals surface area contributed by atoms with Gasteiger partial charge in [0.2, 0.25) is 0 Å². The topological polar surface area (TPSA) is 80.9 Å². The monoisotopic (exact) mass is 308 g/mol. The summed E-state index contributed by atoms with van der Waals surface area (Å²) in [7, 11) is 0. The van der Waals surface area contributed by atoms with Gasteiger partial charge in [-0.05, 0) is 43.2 Å². The van der Waals surface area contributed by atoms with Gasteiger partial charge in [-0.1, -0.05) is 24.3 Å². The van der Waals surface area contributed by atoms with Crippen molar-refractivity contribution in [3.8, 4) is 0 Å². The lowest BCUT2D eigenvalue weighted by Crippen LogP contribution is -2.41. The molecular weight excluding hydrogens is 288 g/mol. The Labute approximate surface area is 135 Å². The van der Waals surface area contributed by atoms with Crippen molar-refractivity contribution in [2.75, 3.05) is 0 Å². The normalized spacial score (nSPS) is 22.3. The molecule has 2 aliphatic rings. The minimum Gasteiger partial charge on any atom is -0.346 e. The molecular formula is C18H20N4O. The molecule has 5 heteroatoms. The molecule has 0 bridgehead atoms. The number of aryl methyl sites for hydroxylation is 2. The minimum absolute atomic E-state index is 0.0854. The summed E-state index contributed by atoms with van der Waals surface area (Å²) in [6.45, 7) is 0. The van der Waals surface area contributed by atoms with Crippen molar-refractivity contribution in [2.45, 2.75) is 44.2 Å². The summed E-state index contributed by atoms with van der Waals surface area (Å²) in [6, 6.07) is 7.84. The van der Waals surface area contributed by atoms with Crippen LogP contribution >= 0.6 is 0 Å². The molecule has 23 heavy (non-hydrogen) atoms. The number of carbonyl (C=O) groups excluding carboxylic acids is 1. The van der Waals surface area contributed by atoms with Crippen LogP contribution in [0.1, 0.15) is 51.9 Å². The lowest BCUT2D eigenvalue weighted by Gasteiger charge is -2.18. The molecule has 1 aromatic carbocycles. The predicted molar refractivity (Wildman–Crippen MR) is 87.0 cm³/mol. The van der Waals surface area contributed by atoms with Crippen LogP contribution in [-0.2, 0) is 19.3 Å². The van der Waals surface area contributed by atoms with Crippen LogP contribution < -0.4 is 11.1 Å². The van der Waals surface area contributed by atoms with E-state index in [4.69, 9.17) is 5.73 Å². The van der Waals surface area contributed by atoms with Gasteiger partial charge in [-0.3, -0.25) is 9.78 Å². The second kappa shape index (κ2) is 5.74. The molecule has 4 rings (SSSR count). The first-order chi connectivity index (χ1) is 11.2. The average Bonchev–Trinajstić information content (AvgIpc) is 2.91. The molecule has 0 aliphatic heterocycles. The Hall–Kier alpha value is -2.27. The van der Waals surface area contributed by atoms with Crippen molar-refractivity contribution in [1.29, 1.82) is 0 Å². The molecule has 5 nitrogen and oxygen atoms in total. The summed E-state index contributed by atoms with van der Waals surface area (Å²) >= 11 is 0. The first-order valence-corrected chi connectivity index (χ1v) is 8.21. The molecule has 2 aliphatic carbocycles. The van der Waals surface area contributed by atoms with E-state index >= 15 is 0 Å². The standard InChI is InChI=1S/C18H20N4O/c19-17-12-6-2-1-5-11(12)9-15(17)22-18(23)16-10-20-13-7-3-4-8-14(13)21-16/h1-2,5-6,10,15,17H,3-4,7-9,19H2,(H,22,23)/t15-,17-/m1/s1. The summed E-state index contributed by atoms with van der Waals surface area (Å²) in [4.78, 5) is 21.4. The maximum absolute atomic E-state index is 12.5. The van der Waals surface area contributed by atoms with Crippen molar-refractivity contribution in [3.05, 3.63) is 58.7 Å². The highest BCUT2D eigenvalue weighted by atomic mass is 16.2. The minimum atomic E-state index is -0.181. The van der Waals surface area contributed by atoms with E-state index in [9.17, 15) is 4.79 Å². The fourth-order valence-corrected chi connectivity index (χ4v) is 3.56. The van der Waals surface area contributed by atoms with E-state index in [2.05, 4.69) is 21.4 Å². The smallest absolute Gasteiger partial charge is 0.271 e. The third kappa shape index (κ3) is 2.61. The number of fused-ring (bicyclic) bond motifs is 2. The SMILES string of the molecule is N[C@@H]1c2ccccc2C[C@H]1NC(=O)c1cnc2c(n1)CCCC2. The van der Waals surface area contributed by atoms with Gasteiger partial charge in [0, 0.05) is 0 Å². The first kappa shape index (κ1) is 14.3. The quantitative estimate of drug-likeness (QED) is 0.885. The zero-order valence-electron chi connectivity index (χ0n) is 13.0. The number of nitrogens with one attached hydrogen (secondary N) is 1. The molecule has 0 saturated carbocycles. The molecule has 1 heterocycles. The van der Waals surface area contributed by atoms with E-state index < -0.39 is 0 Å². The van der Waals surface area contributed by atoms with Crippen LogP contribution in [0.2, 0.25) is 0 Å². The predicted octanol–water partition coefficient (Wildman–Crippen LogP) is 1.71. The molecule has 2 atom stereocenters. The molecule has 0 radical (unpaired) electrons. The number of hydrogen-bond donors (Lipinski definition) is 2. The van der Waals surface area contributed by atoms with Crippen molar-refractivity contribution in [3.63, 3.8) is 0 Å². The summed E-state index contributed by atoms with van der Waals surface area (Å²) in [5.41, 5.74) is 11.0. The van der Waals surface area contributed by atoms with Crippen LogP contribution in [0.3, 0.4) is 0 Å². The molecule has 118 valence electrons. The van der Waals surface area contributed by atoms with Crippen molar-refractivity contribution >= 4 is 5.91 Å². The van der Waals surface area contributed by atoms with Gasteiger partial charge >= 0.3 is 0 Å². The number of nitrogens with two attached hydrogens (primary N) is 1. The van der Waals surface area contributed by atoms with E-state index in [-0.39, 0.29) is 18.0 Å². The molecule has 0 spiro atoms. The van der Waals surface area contributed by atoms with Gasteiger partial charge < -0.3 is 11.1 Å². The first-order valence-electron chi connectivity index (χ1n) is 8.21. The Bertz CT molecular complexity index is 758. The van der Waals surface area contributed by atoms with Gasteiger partial charge in [0.25, 0.3) is 5.91 Å². The van der Waals surface area contributed by atoms with Gasteiger partial charge in [-0.25, -0.2) is 4.98 Å². The Kier molecular flexibility index (Phi) is 3.58. The molecule has 2 aromatic rings. The third-order valence-corrected chi connectivity index (χ3v) is 4.85. The van der Waals surface area contributed by atoms with E-state index in [1.165, 1.54) is 5.56 Å². The highest BCUT2D eigenvalue weighted by Gasteiger charge is 2.31. The van der Waals surface area contributed by atoms with Gasteiger partial charge in [0.15, 0.2) is 0 Å². The summed E-state index contributed by atoms with van der Waals surface area (Å²) in [6.07, 6.45) is 6.51. The molecule has 1 aromatic heterocycles. The number of benzene rings is 1. The highest BCUT2D eigenvalue weighted by molar-refractivity contribution is 5.92. The number of hydrogen-bond acceptors (Lipinski definition) is 4. The number of carbonyl (C=O) groups is 1. The van der Waals surface area contributed by atoms with Gasteiger partial charge in [-0.2, -0.15) is 0 Å². The molecule has 3 N–H and O–H groups in total. The second-order valence-electron chi connectivity index (χ2n) is 6.36. The molecule has 0 fully saturated rings. The molecule has 0 unspecified atom stereocenters. The highest BCUT2D eigenvalue weighted by Crippen LogP contribution is 2.29. The van der Waals surface area contributed by atoms with Crippen LogP contribution in [0.15, 0.2) is 30.5 Å². The summed E-state index contributed by atoms with van der Waals surface area (Å²) < 4.78 is 0. The van der Waals surface area contributed by atoms with Crippen LogP contribution in [0.4, 0.5) is 0 Å². The van der Waals surface area contributed by atoms with Crippen LogP contribution in [-0.4, -0.2) is 21.9 Å². The van der Waals surface area contributed by atoms with E-state index in [0.29, 0.717) is 5.69 Å². The van der Waals surface area contributed by atoms with Crippen LogP contribution in [0.25, 0.3) is 0 Å². The lowest BCUT2D eigenvalue weighted by molar-refractivity contribution is 0.0927. The van der Waals surface area contributed by atoms with Crippen LogP contribution in [0, 0.1) is 0 Å². The van der Waals surface area contributed by atoms with Gasteiger partial charge in [-0.15, -0.1) is 0 Å². The second-order valence-corrected chi connectivity index (χ2v) is 6.36. The zero-order valence-corrected chi connectivity index (χ0v) is 13.0. The van der Waals surface area contributed by atoms with Crippen LogP contribution in [0.5, 0.6) is 0 Å². The number of rotatable bonds is 2. The maximum atomic E-state index is 12.5. The fraction of sp³-hybridized carbons (Fsp3) is 0.389. The van der Waals surface area contributed by atoms with E-state index in [1.54, 1.807) is 6.20 Å². The summed E-state index contributed by atoms with van der Waals surface area (Å²) in [5.74, 6) is -0.181. The molecule has 0 saturated heterocycles. The maximum Gasteiger partial charge on any atom is 0.271 e. The Balaban J connectivity index is 1.51. The zero-order chi connectivity index (χ0) is 15.8.